The van der Waals surface area contributed by atoms with Gasteiger partial charge in [-0.1, -0.05) is 68.2 Å². The van der Waals surface area contributed by atoms with Crippen LogP contribution in [0.15, 0.2) is 34.4 Å². The van der Waals surface area contributed by atoms with E-state index in [-0.39, 0.29) is 30.2 Å². The van der Waals surface area contributed by atoms with Gasteiger partial charge in [0.25, 0.3) is 0 Å². The Morgan fingerprint density at radius 3 is 1.14 bits per heavy atom. The number of hydrogen-bond donors (Lipinski definition) is 0. The second-order valence-corrected chi connectivity index (χ2v) is 18.7. The van der Waals surface area contributed by atoms with Gasteiger partial charge in [0.15, 0.2) is 0 Å². The van der Waals surface area contributed by atoms with Crippen molar-refractivity contribution in [3.63, 3.8) is 0 Å². The molecule has 0 N–H and O–H groups in total. The molecule has 0 bridgehead atoms. The van der Waals surface area contributed by atoms with E-state index in [9.17, 15) is 0 Å². The van der Waals surface area contributed by atoms with Crippen molar-refractivity contribution in [2.24, 2.45) is 10.8 Å². The maximum Gasteiger partial charge on any atom is -1.00 e. The molecule has 0 saturated heterocycles. The van der Waals surface area contributed by atoms with Crippen molar-refractivity contribution in [2.45, 2.75) is 94.2 Å². The van der Waals surface area contributed by atoms with Crippen LogP contribution in [0.2, 0.25) is 13.1 Å². The predicted molar refractivity (Wildman–Crippen MR) is 116 cm³/mol. The third-order valence-corrected chi connectivity index (χ3v) is 4.40. The molecule has 0 nitrogen and oxygen atoms in total. The Labute approximate surface area is 204 Å². The fourth-order valence-electron chi connectivity index (χ4n) is 2.46. The van der Waals surface area contributed by atoms with Crippen molar-refractivity contribution < 1.29 is 48.1 Å². The molecule has 2 rings (SSSR count). The molecule has 0 radical (unpaired) electrons. The minimum Gasteiger partial charge on any atom is -1.00 e. The molecule has 4 heteroatoms. The molecule has 2 aliphatic rings. The van der Waals surface area contributed by atoms with E-state index in [0.717, 1.165) is 25.7 Å². The van der Waals surface area contributed by atoms with E-state index < -0.39 is 0 Å². The van der Waals surface area contributed by atoms with Gasteiger partial charge in [0.2, 0.25) is 0 Å². The zero-order chi connectivity index (χ0) is 20.5. The summed E-state index contributed by atoms with van der Waals surface area (Å²) in [5.41, 5.74) is 6.70. The molecule has 0 aromatic rings. The SMILES string of the molecule is CCC1=[C-]CC(C(C)(C)C)=C1.CCC1=[C-]CC(C(C)(C)C)=C1.C[Si](C)=[Zr+2].[Cl-].[Cl-]. The zero-order valence-corrected chi connectivity index (χ0v) is 24.7. The quantitative estimate of drug-likeness (QED) is 0.386. The van der Waals surface area contributed by atoms with Crippen LogP contribution in [-0.4, -0.2) is 5.43 Å². The van der Waals surface area contributed by atoms with E-state index in [4.69, 9.17) is 0 Å². The molecule has 0 heterocycles. The standard InChI is InChI=1S/2C11H17.C2H6Si.2ClH.Zr/c2*1-5-9-6-7-10(8-9)11(2,3)4;1-3-2;;;/h2*8H,5,7H2,1-4H3;1-2H3;2*1H;/q2*-1;;;;+2/p-2. The summed E-state index contributed by atoms with van der Waals surface area (Å²) in [7, 11) is 0. The summed E-state index contributed by atoms with van der Waals surface area (Å²) < 4.78 is 0. The Bertz CT molecular complexity index is 545. The summed E-state index contributed by atoms with van der Waals surface area (Å²) in [6.07, 6.45) is 15.7. The molecule has 0 spiro atoms. The van der Waals surface area contributed by atoms with Crippen LogP contribution in [0, 0.1) is 23.0 Å². The van der Waals surface area contributed by atoms with Crippen molar-refractivity contribution in [2.75, 3.05) is 0 Å². The minimum absolute atomic E-state index is 0. The normalized spacial score (nSPS) is 15.3. The Balaban J connectivity index is -0.000000355. The Kier molecular flexibility index (Phi) is 18.4. The molecule has 0 atom stereocenters. The van der Waals surface area contributed by atoms with Gasteiger partial charge >= 0.3 is 41.9 Å². The third-order valence-electron chi connectivity index (χ3n) is 4.40. The molecule has 0 unspecified atom stereocenters. The fourth-order valence-corrected chi connectivity index (χ4v) is 2.46. The molecular weight excluding hydrogens is 478 g/mol. The Hall–Kier alpha value is 0.640. The smallest absolute Gasteiger partial charge is 1.00 e. The average Bonchev–Trinajstić information content (AvgIpc) is 3.15. The van der Waals surface area contributed by atoms with E-state index in [2.05, 4.69) is 92.8 Å². The summed E-state index contributed by atoms with van der Waals surface area (Å²) in [5.74, 6) is 0. The maximum absolute atomic E-state index is 3.39. The monoisotopic (exact) mass is 516 g/mol. The van der Waals surface area contributed by atoms with Crippen LogP contribution in [0.1, 0.15) is 81.1 Å². The molecule has 28 heavy (non-hydrogen) atoms. The van der Waals surface area contributed by atoms with E-state index in [0.29, 0.717) is 10.8 Å². The van der Waals surface area contributed by atoms with Gasteiger partial charge in [0, 0.05) is 0 Å². The molecule has 0 aliphatic heterocycles. The second kappa shape index (κ2) is 15.4. The first-order valence-electron chi connectivity index (χ1n) is 9.94. The zero-order valence-electron chi connectivity index (χ0n) is 19.7. The van der Waals surface area contributed by atoms with Crippen molar-refractivity contribution in [3.05, 3.63) is 46.6 Å². The average molecular weight is 519 g/mol. The van der Waals surface area contributed by atoms with Gasteiger partial charge in [-0.05, 0) is 10.8 Å². The second-order valence-electron chi connectivity index (χ2n) is 9.30. The van der Waals surface area contributed by atoms with Crippen LogP contribution in [0.3, 0.4) is 0 Å². The van der Waals surface area contributed by atoms with Crippen LogP contribution >= 0.6 is 0 Å². The van der Waals surface area contributed by atoms with Gasteiger partial charge < -0.3 is 24.8 Å². The van der Waals surface area contributed by atoms with Crippen LogP contribution in [-0.2, 0) is 23.3 Å². The Morgan fingerprint density at radius 1 is 0.786 bits per heavy atom. The summed E-state index contributed by atoms with van der Waals surface area (Å²) in [5, 5.41) is 0. The van der Waals surface area contributed by atoms with Gasteiger partial charge in [-0.15, -0.1) is 12.8 Å². The van der Waals surface area contributed by atoms with Gasteiger partial charge in [0.05, 0.1) is 0 Å². The van der Waals surface area contributed by atoms with Crippen molar-refractivity contribution in [1.82, 2.24) is 0 Å². The molecule has 0 fully saturated rings. The number of allylic oxidation sites excluding steroid dienone is 8. The first-order valence-corrected chi connectivity index (χ1v) is 16.1. The van der Waals surface area contributed by atoms with E-state index in [1.807, 2.05) is 0 Å². The molecule has 2 aliphatic carbocycles. The molecule has 0 aromatic heterocycles. The van der Waals surface area contributed by atoms with Gasteiger partial charge in [-0.2, -0.15) is 11.1 Å². The first-order chi connectivity index (χ1) is 11.8. The van der Waals surface area contributed by atoms with Crippen LogP contribution in [0.5, 0.6) is 0 Å². The third kappa shape index (κ3) is 14.6. The summed E-state index contributed by atoms with van der Waals surface area (Å²) in [6.45, 7) is 22.6. The molecule has 0 saturated carbocycles. The van der Waals surface area contributed by atoms with E-state index in [1.54, 1.807) is 23.3 Å². The van der Waals surface area contributed by atoms with Crippen molar-refractivity contribution >= 4 is 5.43 Å². The van der Waals surface area contributed by atoms with Gasteiger partial charge in [-0.25, -0.2) is 23.3 Å². The topological polar surface area (TPSA) is 0 Å². The maximum atomic E-state index is 3.39. The van der Waals surface area contributed by atoms with Crippen LogP contribution in [0.25, 0.3) is 0 Å². The summed E-state index contributed by atoms with van der Waals surface area (Å²) in [6, 6.07) is 0. The molecule has 0 aromatic carbocycles. The van der Waals surface area contributed by atoms with Crippen molar-refractivity contribution in [3.8, 4) is 0 Å². The summed E-state index contributed by atoms with van der Waals surface area (Å²) in [4.78, 5) is 0. The van der Waals surface area contributed by atoms with Crippen LogP contribution < -0.4 is 24.8 Å². The fraction of sp³-hybridized carbons (Fsp3) is 0.667. The molecule has 160 valence electrons. The van der Waals surface area contributed by atoms with E-state index in [1.165, 1.54) is 22.3 Å². The molecule has 0 amide bonds. The Morgan fingerprint density at radius 2 is 1.04 bits per heavy atom. The number of hydrogen-bond acceptors (Lipinski definition) is 0. The predicted octanol–water partition coefficient (Wildman–Crippen LogP) is 1.80. The largest absolute Gasteiger partial charge is 1.00 e. The number of rotatable bonds is 2. The van der Waals surface area contributed by atoms with Crippen LogP contribution in [0.4, 0.5) is 0 Å². The van der Waals surface area contributed by atoms with Crippen molar-refractivity contribution in [1.29, 1.82) is 0 Å². The first kappa shape index (κ1) is 33.3. The van der Waals surface area contributed by atoms with E-state index >= 15 is 0 Å². The van der Waals surface area contributed by atoms with Gasteiger partial charge in [-0.3, -0.25) is 12.2 Å². The van der Waals surface area contributed by atoms with Gasteiger partial charge in [0.1, 0.15) is 0 Å². The summed E-state index contributed by atoms with van der Waals surface area (Å²) >= 11 is 1.74. The minimum atomic E-state index is 0. The number of halogens is 2. The molecular formula is C24H40Cl2SiZr-2.